The first-order valence-electron chi connectivity index (χ1n) is 7.77. The van der Waals surface area contributed by atoms with E-state index in [0.717, 1.165) is 11.8 Å². The number of rotatable bonds is 5. The summed E-state index contributed by atoms with van der Waals surface area (Å²) < 4.78 is 1.48. The summed E-state index contributed by atoms with van der Waals surface area (Å²) in [5.41, 5.74) is 7.28. The van der Waals surface area contributed by atoms with Crippen LogP contribution in [0.5, 0.6) is 0 Å². The highest BCUT2D eigenvalue weighted by atomic mass is 32.2. The van der Waals surface area contributed by atoms with Crippen LogP contribution in [0, 0.1) is 0 Å². The highest BCUT2D eigenvalue weighted by Crippen LogP contribution is 2.24. The number of carbonyl (C=O) groups excluding carboxylic acids is 3. The molecule has 0 aliphatic carbocycles. The van der Waals surface area contributed by atoms with Crippen molar-refractivity contribution in [3.8, 4) is 0 Å². The predicted molar refractivity (Wildman–Crippen MR) is 100 cm³/mol. The van der Waals surface area contributed by atoms with Gasteiger partial charge in [-0.15, -0.1) is 0 Å². The monoisotopic (exact) mass is 368 g/mol. The summed E-state index contributed by atoms with van der Waals surface area (Å²) in [5, 5.41) is 3.10. The molecule has 2 amide bonds. The number of benzene rings is 2. The number of nitrogens with one attached hydrogen (secondary N) is 1. The minimum Gasteiger partial charge on any atom is -0.366 e. The third kappa shape index (κ3) is 3.60. The van der Waals surface area contributed by atoms with E-state index in [-0.39, 0.29) is 23.1 Å². The molecule has 0 bridgehead atoms. The molecule has 0 aliphatic heterocycles. The molecule has 0 saturated carbocycles. The van der Waals surface area contributed by atoms with Crippen LogP contribution in [-0.2, 0) is 4.79 Å². The number of anilines is 1. The van der Waals surface area contributed by atoms with Gasteiger partial charge in [0.05, 0.1) is 28.0 Å². The van der Waals surface area contributed by atoms with E-state index in [0.29, 0.717) is 21.9 Å². The third-order valence-electron chi connectivity index (χ3n) is 3.64. The molecule has 132 valence electrons. The van der Waals surface area contributed by atoms with Gasteiger partial charge in [0.1, 0.15) is 0 Å². The van der Waals surface area contributed by atoms with E-state index in [1.165, 1.54) is 11.5 Å². The Morgan fingerprint density at radius 1 is 1.12 bits per heavy atom. The van der Waals surface area contributed by atoms with Gasteiger partial charge in [-0.25, -0.2) is 4.98 Å². The fourth-order valence-electron chi connectivity index (χ4n) is 2.53. The smallest absolute Gasteiger partial charge is 0.250 e. The second kappa shape index (κ2) is 7.40. The third-order valence-corrected chi connectivity index (χ3v) is 4.58. The lowest BCUT2D eigenvalue weighted by Gasteiger charge is -2.09. The normalized spacial score (nSPS) is 10.7. The first kappa shape index (κ1) is 17.7. The number of carbonyl (C=O) groups is 3. The molecule has 0 radical (unpaired) electrons. The lowest BCUT2D eigenvalue weighted by atomic mass is 10.1. The molecule has 7 nitrogen and oxygen atoms in total. The van der Waals surface area contributed by atoms with Crippen LogP contribution in [0.15, 0.2) is 53.7 Å². The Hall–Kier alpha value is -3.13. The van der Waals surface area contributed by atoms with Crippen molar-refractivity contribution in [2.24, 2.45) is 5.73 Å². The van der Waals surface area contributed by atoms with Gasteiger partial charge < -0.3 is 11.1 Å². The van der Waals surface area contributed by atoms with Gasteiger partial charge in [0.25, 0.3) is 5.91 Å². The molecule has 1 aromatic heterocycles. The van der Waals surface area contributed by atoms with Gasteiger partial charge in [-0.2, -0.15) is 0 Å². The number of imidazole rings is 1. The minimum absolute atomic E-state index is 0.0314. The molecule has 0 fully saturated rings. The van der Waals surface area contributed by atoms with E-state index in [1.54, 1.807) is 30.3 Å². The maximum absolute atomic E-state index is 12.3. The molecule has 0 unspecified atom stereocenters. The lowest BCUT2D eigenvalue weighted by molar-refractivity contribution is -0.113. The zero-order valence-corrected chi connectivity index (χ0v) is 14.7. The summed E-state index contributed by atoms with van der Waals surface area (Å²) in [4.78, 5) is 40.0. The molecule has 0 saturated heterocycles. The number of nitrogens with zero attached hydrogens (tertiary/aromatic N) is 2. The molecule has 8 heteroatoms. The number of hydrogen-bond donors (Lipinski definition) is 2. The van der Waals surface area contributed by atoms with Crippen molar-refractivity contribution in [1.29, 1.82) is 0 Å². The minimum atomic E-state index is -0.619. The second-order valence-corrected chi connectivity index (χ2v) is 6.43. The van der Waals surface area contributed by atoms with Crippen LogP contribution < -0.4 is 11.1 Å². The topological polar surface area (TPSA) is 107 Å². The van der Waals surface area contributed by atoms with Crippen LogP contribution in [0.2, 0.25) is 0 Å². The van der Waals surface area contributed by atoms with Crippen molar-refractivity contribution < 1.29 is 14.4 Å². The van der Waals surface area contributed by atoms with Crippen molar-refractivity contribution in [3.05, 3.63) is 54.1 Å². The van der Waals surface area contributed by atoms with E-state index in [9.17, 15) is 14.4 Å². The standard InChI is InChI=1S/C18H16N4O3S/c1-11(23)22-15-9-5-4-8-14(15)21-18(22)26-10-16(24)20-13-7-3-2-6-12(13)17(19)25/h2-9H,10H2,1H3,(H2,19,25)(H,20,24). The molecule has 3 aromatic rings. The van der Waals surface area contributed by atoms with E-state index in [4.69, 9.17) is 5.73 Å². The summed E-state index contributed by atoms with van der Waals surface area (Å²) in [6.07, 6.45) is 0. The first-order valence-corrected chi connectivity index (χ1v) is 8.76. The van der Waals surface area contributed by atoms with Gasteiger partial charge in [0.2, 0.25) is 11.8 Å². The molecule has 0 atom stereocenters. The van der Waals surface area contributed by atoms with Crippen LogP contribution in [0.4, 0.5) is 5.69 Å². The molecule has 3 rings (SSSR count). The Balaban J connectivity index is 1.77. The van der Waals surface area contributed by atoms with Gasteiger partial charge in [-0.1, -0.05) is 36.0 Å². The number of aromatic nitrogens is 2. The number of amides is 2. The van der Waals surface area contributed by atoms with Gasteiger partial charge in [-0.05, 0) is 24.3 Å². The number of para-hydroxylation sites is 3. The number of fused-ring (bicyclic) bond motifs is 1. The summed E-state index contributed by atoms with van der Waals surface area (Å²) >= 11 is 1.15. The largest absolute Gasteiger partial charge is 0.366 e. The van der Waals surface area contributed by atoms with E-state index < -0.39 is 5.91 Å². The SMILES string of the molecule is CC(=O)n1c(SCC(=O)Nc2ccccc2C(N)=O)nc2ccccc21. The molecule has 26 heavy (non-hydrogen) atoms. The number of thioether (sulfide) groups is 1. The van der Waals surface area contributed by atoms with Crippen LogP contribution in [-0.4, -0.2) is 33.0 Å². The number of nitrogens with two attached hydrogens (primary N) is 1. The molecule has 3 N–H and O–H groups in total. The van der Waals surface area contributed by atoms with Crippen molar-refractivity contribution in [2.75, 3.05) is 11.1 Å². The predicted octanol–water partition coefficient (Wildman–Crippen LogP) is 2.53. The van der Waals surface area contributed by atoms with Gasteiger partial charge in [0.15, 0.2) is 5.16 Å². The van der Waals surface area contributed by atoms with Crippen LogP contribution in [0.25, 0.3) is 11.0 Å². The summed E-state index contributed by atoms with van der Waals surface area (Å²) in [7, 11) is 0. The van der Waals surface area contributed by atoms with E-state index in [1.807, 2.05) is 18.2 Å². The summed E-state index contributed by atoms with van der Waals surface area (Å²) in [6, 6.07) is 13.8. The Kier molecular flexibility index (Phi) is 5.04. The molecule has 0 spiro atoms. The number of primary amides is 1. The maximum Gasteiger partial charge on any atom is 0.250 e. The van der Waals surface area contributed by atoms with Crippen molar-refractivity contribution in [1.82, 2.24) is 9.55 Å². The Morgan fingerprint density at radius 2 is 1.81 bits per heavy atom. The van der Waals surface area contributed by atoms with Crippen LogP contribution in [0.3, 0.4) is 0 Å². The molecule has 0 aliphatic rings. The second-order valence-electron chi connectivity index (χ2n) is 5.48. The highest BCUT2D eigenvalue weighted by molar-refractivity contribution is 7.99. The Labute approximate surface area is 153 Å². The quantitative estimate of drug-likeness (QED) is 0.673. The average molecular weight is 368 g/mol. The van der Waals surface area contributed by atoms with Crippen molar-refractivity contribution in [2.45, 2.75) is 12.1 Å². The molecular weight excluding hydrogens is 352 g/mol. The Morgan fingerprint density at radius 3 is 2.54 bits per heavy atom. The fraction of sp³-hybridized carbons (Fsp3) is 0.111. The van der Waals surface area contributed by atoms with E-state index in [2.05, 4.69) is 10.3 Å². The molecule has 1 heterocycles. The van der Waals surface area contributed by atoms with Crippen molar-refractivity contribution >= 4 is 46.2 Å². The van der Waals surface area contributed by atoms with Crippen molar-refractivity contribution in [3.63, 3.8) is 0 Å². The van der Waals surface area contributed by atoms with E-state index >= 15 is 0 Å². The molecule has 2 aromatic carbocycles. The first-order chi connectivity index (χ1) is 12.5. The lowest BCUT2D eigenvalue weighted by Crippen LogP contribution is -2.19. The van der Waals surface area contributed by atoms with Crippen LogP contribution >= 0.6 is 11.8 Å². The summed E-state index contributed by atoms with van der Waals surface area (Å²) in [5.74, 6) is -1.09. The fourth-order valence-corrected chi connectivity index (χ4v) is 3.38. The average Bonchev–Trinajstić information content (AvgIpc) is 2.99. The summed E-state index contributed by atoms with van der Waals surface area (Å²) in [6.45, 7) is 1.45. The van der Waals surface area contributed by atoms with Gasteiger partial charge in [-0.3, -0.25) is 19.0 Å². The van der Waals surface area contributed by atoms with Crippen LogP contribution in [0.1, 0.15) is 22.1 Å². The highest BCUT2D eigenvalue weighted by Gasteiger charge is 2.16. The number of hydrogen-bond acceptors (Lipinski definition) is 5. The molecular formula is C18H16N4O3S. The zero-order valence-electron chi connectivity index (χ0n) is 13.9. The Bertz CT molecular complexity index is 1010. The zero-order chi connectivity index (χ0) is 18.7. The van der Waals surface area contributed by atoms with Gasteiger partial charge in [0, 0.05) is 6.92 Å². The van der Waals surface area contributed by atoms with Gasteiger partial charge >= 0.3 is 0 Å². The maximum atomic E-state index is 12.3.